The van der Waals surface area contributed by atoms with Crippen LogP contribution in [0.2, 0.25) is 0 Å². The largest absolute Gasteiger partial charge is 0.466 e. The van der Waals surface area contributed by atoms with Gasteiger partial charge in [-0.2, -0.15) is 18.4 Å². The van der Waals surface area contributed by atoms with E-state index in [2.05, 4.69) is 9.72 Å². The van der Waals surface area contributed by atoms with Gasteiger partial charge in [0.1, 0.15) is 11.8 Å². The van der Waals surface area contributed by atoms with E-state index in [1.165, 1.54) is 6.92 Å². The maximum atomic E-state index is 12.8. The minimum Gasteiger partial charge on any atom is -0.466 e. The zero-order chi connectivity index (χ0) is 16.2. The van der Waals surface area contributed by atoms with Crippen LogP contribution in [0.25, 0.3) is 0 Å². The van der Waals surface area contributed by atoms with Crippen molar-refractivity contribution in [3.63, 3.8) is 0 Å². The molecule has 114 valence electrons. The Hall–Kier alpha value is -2.24. The zero-order valence-electron chi connectivity index (χ0n) is 10.7. The van der Waals surface area contributed by atoms with Gasteiger partial charge in [-0.15, -0.1) is 0 Å². The van der Waals surface area contributed by atoms with E-state index in [0.717, 1.165) is 6.07 Å². The molecule has 0 atom stereocenters. The Morgan fingerprint density at radius 2 is 2.10 bits per heavy atom. The molecule has 0 fully saturated rings. The van der Waals surface area contributed by atoms with E-state index in [1.54, 1.807) is 0 Å². The fourth-order valence-corrected chi connectivity index (χ4v) is 1.57. The predicted octanol–water partition coefficient (Wildman–Crippen LogP) is 3.02. The summed E-state index contributed by atoms with van der Waals surface area (Å²) in [6.45, 7) is 1.47. The molecule has 9 heteroatoms. The molecule has 21 heavy (non-hydrogen) atoms. The molecule has 0 saturated carbocycles. The molecule has 4 nitrogen and oxygen atoms in total. The second kappa shape index (κ2) is 6.47. The van der Waals surface area contributed by atoms with Crippen LogP contribution in [-0.2, 0) is 22.1 Å². The first-order valence-electron chi connectivity index (χ1n) is 5.65. The average molecular weight is 308 g/mol. The number of pyridine rings is 1. The number of halogens is 5. The predicted molar refractivity (Wildman–Crippen MR) is 59.2 cm³/mol. The fourth-order valence-electron chi connectivity index (χ4n) is 1.57. The number of nitrogens with zero attached hydrogens (tertiary/aromatic N) is 2. The Balaban J connectivity index is 3.39. The summed E-state index contributed by atoms with van der Waals surface area (Å²) >= 11 is 0. The molecule has 1 rings (SSSR count). The lowest BCUT2D eigenvalue weighted by Gasteiger charge is -2.13. The number of ether oxygens (including phenoxy) is 1. The maximum absolute atomic E-state index is 12.8. The first-order valence-corrected chi connectivity index (χ1v) is 5.65. The lowest BCUT2D eigenvalue weighted by atomic mass is 10.0. The number of carbonyl (C=O) groups is 1. The van der Waals surface area contributed by atoms with Crippen LogP contribution in [0.15, 0.2) is 6.07 Å². The Morgan fingerprint density at radius 3 is 2.52 bits per heavy atom. The van der Waals surface area contributed by atoms with Crippen LogP contribution in [0, 0.1) is 11.3 Å². The summed E-state index contributed by atoms with van der Waals surface area (Å²) in [6, 6.07) is 1.48. The van der Waals surface area contributed by atoms with Gasteiger partial charge in [0.05, 0.1) is 29.8 Å². The van der Waals surface area contributed by atoms with Crippen molar-refractivity contribution < 1.29 is 31.5 Å². The van der Waals surface area contributed by atoms with Crippen LogP contribution in [0.3, 0.4) is 0 Å². The average Bonchev–Trinajstić information content (AvgIpc) is 2.36. The van der Waals surface area contributed by atoms with E-state index in [1.807, 2.05) is 0 Å². The summed E-state index contributed by atoms with van der Waals surface area (Å²) in [5, 5.41) is 8.65. The third-order valence-electron chi connectivity index (χ3n) is 2.36. The molecule has 0 unspecified atom stereocenters. The molecule has 0 saturated heterocycles. The highest BCUT2D eigenvalue weighted by Gasteiger charge is 2.37. The van der Waals surface area contributed by atoms with Crippen molar-refractivity contribution in [2.45, 2.75) is 25.9 Å². The molecule has 0 spiro atoms. The topological polar surface area (TPSA) is 63.0 Å². The standard InChI is InChI=1S/C12H9F5N2O2/c1-2-21-9(20)4-6-3-8(12(15,16)17)7(5-18)10(19-6)11(13)14/h3,11H,2,4H2,1H3. The fraction of sp³-hybridized carbons (Fsp3) is 0.417. The smallest absolute Gasteiger partial charge is 0.417 e. The summed E-state index contributed by atoms with van der Waals surface area (Å²) in [5.74, 6) is -0.900. The SMILES string of the molecule is CCOC(=O)Cc1cc(C(F)(F)F)c(C#N)c(C(F)F)n1. The molecule has 1 heterocycles. The van der Waals surface area contributed by atoms with Gasteiger partial charge in [-0.1, -0.05) is 0 Å². The van der Waals surface area contributed by atoms with Crippen LogP contribution >= 0.6 is 0 Å². The molecule has 0 amide bonds. The highest BCUT2D eigenvalue weighted by atomic mass is 19.4. The summed E-state index contributed by atoms with van der Waals surface area (Å²) < 4.78 is 68.4. The molecule has 0 aliphatic carbocycles. The van der Waals surface area contributed by atoms with Gasteiger partial charge in [0.2, 0.25) is 0 Å². The molecule has 1 aromatic rings. The molecule has 0 aliphatic rings. The van der Waals surface area contributed by atoms with Gasteiger partial charge in [0.25, 0.3) is 6.43 Å². The van der Waals surface area contributed by atoms with Crippen molar-refractivity contribution in [2.24, 2.45) is 0 Å². The van der Waals surface area contributed by atoms with Gasteiger partial charge in [0, 0.05) is 0 Å². The normalized spacial score (nSPS) is 11.3. The van der Waals surface area contributed by atoms with Crippen LogP contribution in [0.4, 0.5) is 22.0 Å². The summed E-state index contributed by atoms with van der Waals surface area (Å²) in [4.78, 5) is 14.5. The van der Waals surface area contributed by atoms with Gasteiger partial charge < -0.3 is 4.74 Å². The van der Waals surface area contributed by atoms with Crippen LogP contribution < -0.4 is 0 Å². The number of alkyl halides is 5. The van der Waals surface area contributed by atoms with Crippen molar-refractivity contribution in [2.75, 3.05) is 6.61 Å². The second-order valence-corrected chi connectivity index (χ2v) is 3.81. The van der Waals surface area contributed by atoms with Crippen LogP contribution in [-0.4, -0.2) is 17.6 Å². The molecular weight excluding hydrogens is 299 g/mol. The number of rotatable bonds is 4. The molecule has 1 aromatic heterocycles. The molecule has 0 aliphatic heterocycles. The molecule has 0 aromatic carbocycles. The number of hydrogen-bond acceptors (Lipinski definition) is 4. The Kier molecular flexibility index (Phi) is 5.18. The monoisotopic (exact) mass is 308 g/mol. The minimum absolute atomic E-state index is 0.0110. The highest BCUT2D eigenvalue weighted by molar-refractivity contribution is 5.72. The van der Waals surface area contributed by atoms with E-state index >= 15 is 0 Å². The van der Waals surface area contributed by atoms with Crippen molar-refractivity contribution in [1.29, 1.82) is 5.26 Å². The number of aromatic nitrogens is 1. The lowest BCUT2D eigenvalue weighted by Crippen LogP contribution is -2.16. The van der Waals surface area contributed by atoms with Gasteiger partial charge >= 0.3 is 12.1 Å². The molecule has 0 radical (unpaired) electrons. The van der Waals surface area contributed by atoms with E-state index in [4.69, 9.17) is 5.26 Å². The van der Waals surface area contributed by atoms with Crippen molar-refractivity contribution >= 4 is 5.97 Å². The van der Waals surface area contributed by atoms with Crippen LogP contribution in [0.5, 0.6) is 0 Å². The summed E-state index contributed by atoms with van der Waals surface area (Å²) in [7, 11) is 0. The van der Waals surface area contributed by atoms with Gasteiger partial charge in [-0.05, 0) is 13.0 Å². The summed E-state index contributed by atoms with van der Waals surface area (Å²) in [5.41, 5.74) is -4.62. The Labute approximate surface area is 116 Å². The molecule has 0 N–H and O–H groups in total. The Bertz CT molecular complexity index is 578. The van der Waals surface area contributed by atoms with E-state index in [-0.39, 0.29) is 6.61 Å². The third kappa shape index (κ3) is 4.11. The molecular formula is C12H9F5N2O2. The first kappa shape index (κ1) is 16.8. The zero-order valence-corrected chi connectivity index (χ0v) is 10.7. The highest BCUT2D eigenvalue weighted by Crippen LogP contribution is 2.35. The van der Waals surface area contributed by atoms with Crippen LogP contribution in [0.1, 0.15) is 35.9 Å². The maximum Gasteiger partial charge on any atom is 0.417 e. The molecule has 0 bridgehead atoms. The number of hydrogen-bond donors (Lipinski definition) is 0. The van der Waals surface area contributed by atoms with E-state index in [0.29, 0.717) is 6.07 Å². The quantitative estimate of drug-likeness (QED) is 0.633. The second-order valence-electron chi connectivity index (χ2n) is 3.81. The van der Waals surface area contributed by atoms with Gasteiger partial charge in [-0.25, -0.2) is 13.8 Å². The van der Waals surface area contributed by atoms with Gasteiger partial charge in [-0.3, -0.25) is 4.79 Å². The minimum atomic E-state index is -5.01. The number of nitriles is 1. The van der Waals surface area contributed by atoms with E-state index < -0.39 is 47.5 Å². The third-order valence-corrected chi connectivity index (χ3v) is 2.36. The summed E-state index contributed by atoms with van der Waals surface area (Å²) in [6.07, 6.45) is -9.08. The first-order chi connectivity index (χ1) is 9.70. The van der Waals surface area contributed by atoms with Crippen molar-refractivity contribution in [3.8, 4) is 6.07 Å². The van der Waals surface area contributed by atoms with Gasteiger partial charge in [0.15, 0.2) is 0 Å². The van der Waals surface area contributed by atoms with Crippen molar-refractivity contribution in [1.82, 2.24) is 4.98 Å². The number of carbonyl (C=O) groups excluding carboxylic acids is 1. The number of esters is 1. The van der Waals surface area contributed by atoms with E-state index in [9.17, 15) is 26.7 Å². The Morgan fingerprint density at radius 1 is 1.48 bits per heavy atom. The van der Waals surface area contributed by atoms with Crippen molar-refractivity contribution in [3.05, 3.63) is 28.6 Å². The lowest BCUT2D eigenvalue weighted by molar-refractivity contribution is -0.143.